The average molecular weight is 373 g/mol. The first-order valence-electron chi connectivity index (χ1n) is 7.61. The lowest BCUT2D eigenvalue weighted by Crippen LogP contribution is -2.36. The number of hydrogen-bond donors (Lipinski definition) is 1. The Balaban J connectivity index is 2.78. The molecule has 108 valence electrons. The molecular weight excluding hydrogens is 345 g/mol. The van der Waals surface area contributed by atoms with Crippen LogP contribution in [0.15, 0.2) is 24.3 Å². The summed E-state index contributed by atoms with van der Waals surface area (Å²) in [5.41, 5.74) is 1.91. The third kappa shape index (κ3) is 5.82. The number of halogens is 1. The molecule has 1 atom stereocenters. The molecule has 0 radical (unpaired) electrons. The number of hydrogen-bond acceptors (Lipinski definition) is 1. The lowest BCUT2D eigenvalue weighted by molar-refractivity contribution is 0.231. The molecule has 1 aromatic carbocycles. The normalized spacial score (nSPS) is 14.3. The standard InChI is InChI=1S/C17H28IN/c1-4-7-12-17(5-2,14-19-6-3)13-15-8-10-16(18)11-9-15/h8-11,19H,4-7,12-14H2,1-3H3. The van der Waals surface area contributed by atoms with Crippen molar-refractivity contribution < 1.29 is 0 Å². The van der Waals surface area contributed by atoms with Gasteiger partial charge in [0.15, 0.2) is 0 Å². The predicted octanol–water partition coefficient (Wildman–Crippen LogP) is 5.03. The lowest BCUT2D eigenvalue weighted by atomic mass is 9.75. The molecule has 0 aliphatic heterocycles. The minimum absolute atomic E-state index is 0.429. The third-order valence-corrected chi connectivity index (χ3v) is 4.77. The van der Waals surface area contributed by atoms with Crippen molar-refractivity contribution in [2.24, 2.45) is 5.41 Å². The highest BCUT2D eigenvalue weighted by Gasteiger charge is 2.27. The van der Waals surface area contributed by atoms with Crippen molar-refractivity contribution in [1.82, 2.24) is 5.32 Å². The zero-order valence-electron chi connectivity index (χ0n) is 12.6. The zero-order valence-corrected chi connectivity index (χ0v) is 14.8. The van der Waals surface area contributed by atoms with Gasteiger partial charge in [0.05, 0.1) is 0 Å². The van der Waals surface area contributed by atoms with Gasteiger partial charge in [-0.05, 0) is 71.5 Å². The SMILES string of the molecule is CCCCC(CC)(CNCC)Cc1ccc(I)cc1. The third-order valence-electron chi connectivity index (χ3n) is 4.05. The summed E-state index contributed by atoms with van der Waals surface area (Å²) < 4.78 is 1.32. The number of benzene rings is 1. The molecular formula is C17H28IN. The van der Waals surface area contributed by atoms with Gasteiger partial charge in [0.25, 0.3) is 0 Å². The van der Waals surface area contributed by atoms with E-state index in [0.717, 1.165) is 13.1 Å². The topological polar surface area (TPSA) is 12.0 Å². The fraction of sp³-hybridized carbons (Fsp3) is 0.647. The van der Waals surface area contributed by atoms with Gasteiger partial charge in [0.2, 0.25) is 0 Å². The molecule has 0 saturated heterocycles. The molecule has 0 aromatic heterocycles. The van der Waals surface area contributed by atoms with Gasteiger partial charge in [-0.3, -0.25) is 0 Å². The molecule has 0 bridgehead atoms. The fourth-order valence-electron chi connectivity index (χ4n) is 2.64. The van der Waals surface area contributed by atoms with Gasteiger partial charge < -0.3 is 5.32 Å². The number of rotatable bonds is 9. The maximum Gasteiger partial charge on any atom is 0.0130 e. The van der Waals surface area contributed by atoms with Crippen LogP contribution in [0.25, 0.3) is 0 Å². The van der Waals surface area contributed by atoms with Crippen LogP contribution < -0.4 is 5.32 Å². The van der Waals surface area contributed by atoms with E-state index in [2.05, 4.69) is 72.9 Å². The molecule has 1 N–H and O–H groups in total. The summed E-state index contributed by atoms with van der Waals surface area (Å²) >= 11 is 2.38. The fourth-order valence-corrected chi connectivity index (χ4v) is 3.00. The summed E-state index contributed by atoms with van der Waals surface area (Å²) in [6.07, 6.45) is 6.42. The summed E-state index contributed by atoms with van der Waals surface area (Å²) in [7, 11) is 0. The van der Waals surface area contributed by atoms with E-state index in [9.17, 15) is 0 Å². The quantitative estimate of drug-likeness (QED) is 0.599. The van der Waals surface area contributed by atoms with Gasteiger partial charge >= 0.3 is 0 Å². The van der Waals surface area contributed by atoms with E-state index in [1.165, 1.54) is 41.2 Å². The van der Waals surface area contributed by atoms with Crippen molar-refractivity contribution in [1.29, 1.82) is 0 Å². The highest BCUT2D eigenvalue weighted by atomic mass is 127. The summed E-state index contributed by atoms with van der Waals surface area (Å²) in [4.78, 5) is 0. The van der Waals surface area contributed by atoms with Gasteiger partial charge in [-0.15, -0.1) is 0 Å². The van der Waals surface area contributed by atoms with Gasteiger partial charge in [-0.25, -0.2) is 0 Å². The highest BCUT2D eigenvalue weighted by Crippen LogP contribution is 2.32. The maximum atomic E-state index is 3.58. The number of unbranched alkanes of at least 4 members (excludes halogenated alkanes) is 1. The molecule has 2 heteroatoms. The van der Waals surface area contributed by atoms with Gasteiger partial charge in [0, 0.05) is 10.1 Å². The van der Waals surface area contributed by atoms with Crippen LogP contribution in [-0.4, -0.2) is 13.1 Å². The van der Waals surface area contributed by atoms with Crippen molar-refractivity contribution in [3.05, 3.63) is 33.4 Å². The molecule has 1 unspecified atom stereocenters. The van der Waals surface area contributed by atoms with Crippen LogP contribution in [0, 0.1) is 8.99 Å². The second-order valence-electron chi connectivity index (χ2n) is 5.54. The van der Waals surface area contributed by atoms with E-state index < -0.39 is 0 Å². The largest absolute Gasteiger partial charge is 0.316 e. The van der Waals surface area contributed by atoms with Gasteiger partial charge in [-0.2, -0.15) is 0 Å². The molecule has 0 spiro atoms. The van der Waals surface area contributed by atoms with Crippen LogP contribution >= 0.6 is 22.6 Å². The average Bonchev–Trinajstić information content (AvgIpc) is 2.44. The van der Waals surface area contributed by atoms with Crippen molar-refractivity contribution in [2.45, 2.75) is 52.9 Å². The van der Waals surface area contributed by atoms with Crippen LogP contribution in [-0.2, 0) is 6.42 Å². The van der Waals surface area contributed by atoms with E-state index in [-0.39, 0.29) is 0 Å². The molecule has 1 aromatic rings. The predicted molar refractivity (Wildman–Crippen MR) is 93.7 cm³/mol. The Kier molecular flexibility index (Phi) is 8.00. The van der Waals surface area contributed by atoms with Crippen LogP contribution in [0.3, 0.4) is 0 Å². The zero-order chi connectivity index (χ0) is 14.1. The summed E-state index contributed by atoms with van der Waals surface area (Å²) in [5, 5.41) is 3.58. The molecule has 0 amide bonds. The van der Waals surface area contributed by atoms with Crippen molar-refractivity contribution in [2.75, 3.05) is 13.1 Å². The van der Waals surface area contributed by atoms with Crippen LogP contribution in [0.2, 0.25) is 0 Å². The molecule has 0 aliphatic rings. The van der Waals surface area contributed by atoms with E-state index >= 15 is 0 Å². The highest BCUT2D eigenvalue weighted by molar-refractivity contribution is 14.1. The van der Waals surface area contributed by atoms with Crippen molar-refractivity contribution in [3.63, 3.8) is 0 Å². The minimum atomic E-state index is 0.429. The van der Waals surface area contributed by atoms with Crippen LogP contribution in [0.5, 0.6) is 0 Å². The monoisotopic (exact) mass is 373 g/mol. The van der Waals surface area contributed by atoms with E-state index in [1.54, 1.807) is 0 Å². The Hall–Kier alpha value is -0.0900. The van der Waals surface area contributed by atoms with E-state index in [0.29, 0.717) is 5.41 Å². The summed E-state index contributed by atoms with van der Waals surface area (Å²) in [6, 6.07) is 9.04. The Morgan fingerprint density at radius 1 is 1.11 bits per heavy atom. The first-order valence-corrected chi connectivity index (χ1v) is 8.69. The van der Waals surface area contributed by atoms with Crippen molar-refractivity contribution >= 4 is 22.6 Å². The second kappa shape index (κ2) is 8.96. The maximum absolute atomic E-state index is 3.58. The molecule has 0 fully saturated rings. The minimum Gasteiger partial charge on any atom is -0.316 e. The molecule has 0 saturated carbocycles. The Morgan fingerprint density at radius 3 is 2.32 bits per heavy atom. The van der Waals surface area contributed by atoms with Crippen LogP contribution in [0.4, 0.5) is 0 Å². The summed E-state index contributed by atoms with van der Waals surface area (Å²) in [6.45, 7) is 9.05. The van der Waals surface area contributed by atoms with Crippen molar-refractivity contribution in [3.8, 4) is 0 Å². The smallest absolute Gasteiger partial charge is 0.0130 e. The Morgan fingerprint density at radius 2 is 1.79 bits per heavy atom. The molecule has 1 rings (SSSR count). The molecule has 0 aliphatic carbocycles. The van der Waals surface area contributed by atoms with Gasteiger partial charge in [0.1, 0.15) is 0 Å². The summed E-state index contributed by atoms with van der Waals surface area (Å²) in [5.74, 6) is 0. The number of nitrogens with one attached hydrogen (secondary N) is 1. The lowest BCUT2D eigenvalue weighted by Gasteiger charge is -2.33. The van der Waals surface area contributed by atoms with Crippen LogP contribution in [0.1, 0.15) is 52.0 Å². The second-order valence-corrected chi connectivity index (χ2v) is 6.79. The van der Waals surface area contributed by atoms with E-state index in [4.69, 9.17) is 0 Å². The first-order chi connectivity index (χ1) is 9.15. The Bertz CT molecular complexity index is 337. The molecule has 19 heavy (non-hydrogen) atoms. The molecule has 0 heterocycles. The van der Waals surface area contributed by atoms with E-state index in [1.807, 2.05) is 0 Å². The first kappa shape index (κ1) is 17.0. The Labute approximate surface area is 132 Å². The van der Waals surface area contributed by atoms with Gasteiger partial charge in [-0.1, -0.05) is 45.7 Å². The molecule has 1 nitrogen and oxygen atoms in total.